The monoisotopic (exact) mass is 338 g/mol. The molecule has 7 heteroatoms. The van der Waals surface area contributed by atoms with E-state index in [1.54, 1.807) is 12.2 Å². The summed E-state index contributed by atoms with van der Waals surface area (Å²) in [5.41, 5.74) is 0. The van der Waals surface area contributed by atoms with Crippen molar-refractivity contribution in [3.05, 3.63) is 40.3 Å². The van der Waals surface area contributed by atoms with Gasteiger partial charge in [0.1, 0.15) is 12.7 Å². The van der Waals surface area contributed by atoms with E-state index in [0.29, 0.717) is 6.42 Å². The highest BCUT2D eigenvalue weighted by Gasteiger charge is 2.24. The number of carbonyl (C=O) groups is 2. The van der Waals surface area contributed by atoms with E-state index in [0.717, 1.165) is 4.88 Å². The van der Waals surface area contributed by atoms with Crippen LogP contribution in [0, 0.1) is 0 Å². The van der Waals surface area contributed by atoms with Gasteiger partial charge in [-0.15, -0.1) is 11.3 Å². The van der Waals surface area contributed by atoms with E-state index in [-0.39, 0.29) is 18.3 Å². The molecule has 1 aromatic rings. The van der Waals surface area contributed by atoms with E-state index in [1.165, 1.54) is 25.4 Å². The van der Waals surface area contributed by atoms with Gasteiger partial charge >= 0.3 is 11.9 Å². The number of esters is 2. The Hall–Kier alpha value is -2.12. The molecule has 0 amide bonds. The van der Waals surface area contributed by atoms with E-state index in [1.807, 2.05) is 23.6 Å². The molecule has 0 N–H and O–H groups in total. The lowest BCUT2D eigenvalue weighted by molar-refractivity contribution is -0.172. The quantitative estimate of drug-likeness (QED) is 0.343. The average molecular weight is 338 g/mol. The van der Waals surface area contributed by atoms with Crippen LogP contribution in [0.4, 0.5) is 0 Å². The summed E-state index contributed by atoms with van der Waals surface area (Å²) in [5, 5.41) is 1.90. The third kappa shape index (κ3) is 5.54. The normalized spacial score (nSPS) is 20.9. The molecular formula is C16H18O6S. The van der Waals surface area contributed by atoms with Crippen molar-refractivity contribution < 1.29 is 28.5 Å². The Bertz CT molecular complexity index is 590. The summed E-state index contributed by atoms with van der Waals surface area (Å²) < 4.78 is 20.9. The van der Waals surface area contributed by atoms with Crippen LogP contribution in [-0.2, 0) is 28.5 Å². The van der Waals surface area contributed by atoms with Crippen LogP contribution in [0.15, 0.2) is 35.4 Å². The first-order valence-corrected chi connectivity index (χ1v) is 7.92. The molecule has 2 atom stereocenters. The summed E-state index contributed by atoms with van der Waals surface area (Å²) in [6.07, 6.45) is 4.70. The van der Waals surface area contributed by atoms with Crippen LogP contribution in [0.3, 0.4) is 0 Å². The maximum Gasteiger partial charge on any atom is 0.373 e. The molecule has 0 fully saturated rings. The lowest BCUT2D eigenvalue weighted by Crippen LogP contribution is -2.31. The van der Waals surface area contributed by atoms with Crippen LogP contribution in [0.25, 0.3) is 6.08 Å². The molecule has 6 nitrogen and oxygen atoms in total. The fourth-order valence-corrected chi connectivity index (χ4v) is 2.54. The molecule has 23 heavy (non-hydrogen) atoms. The van der Waals surface area contributed by atoms with Crippen molar-refractivity contribution in [3.8, 4) is 0 Å². The topological polar surface area (TPSA) is 71.1 Å². The van der Waals surface area contributed by atoms with Crippen molar-refractivity contribution in [2.24, 2.45) is 0 Å². The Morgan fingerprint density at radius 1 is 1.48 bits per heavy atom. The fourth-order valence-electron chi connectivity index (χ4n) is 1.89. The van der Waals surface area contributed by atoms with Gasteiger partial charge in [0.25, 0.3) is 0 Å². The third-order valence-corrected chi connectivity index (χ3v) is 3.74. The third-order valence-electron chi connectivity index (χ3n) is 2.92. The minimum atomic E-state index is -0.647. The lowest BCUT2D eigenvalue weighted by Gasteiger charge is -2.26. The van der Waals surface area contributed by atoms with Gasteiger partial charge in [-0.1, -0.05) is 18.2 Å². The van der Waals surface area contributed by atoms with Crippen LogP contribution < -0.4 is 0 Å². The Morgan fingerprint density at radius 2 is 2.30 bits per heavy atom. The van der Waals surface area contributed by atoms with E-state index in [4.69, 9.17) is 18.9 Å². The minimum Gasteiger partial charge on any atom is -0.463 e. The van der Waals surface area contributed by atoms with Crippen molar-refractivity contribution in [2.75, 3.05) is 13.7 Å². The van der Waals surface area contributed by atoms with Crippen LogP contribution >= 0.6 is 11.3 Å². The fraction of sp³-hybridized carbons (Fsp3) is 0.375. The van der Waals surface area contributed by atoms with Gasteiger partial charge in [0.05, 0.1) is 7.11 Å². The summed E-state index contributed by atoms with van der Waals surface area (Å²) in [4.78, 5) is 23.6. The largest absolute Gasteiger partial charge is 0.463 e. The predicted octanol–water partition coefficient (Wildman–Crippen LogP) is 2.51. The van der Waals surface area contributed by atoms with Gasteiger partial charge in [-0.25, -0.2) is 4.79 Å². The van der Waals surface area contributed by atoms with E-state index in [2.05, 4.69) is 0 Å². The summed E-state index contributed by atoms with van der Waals surface area (Å²) in [6.45, 7) is 1.44. The van der Waals surface area contributed by atoms with Gasteiger partial charge in [0, 0.05) is 24.3 Å². The van der Waals surface area contributed by atoms with Crippen LogP contribution in [-0.4, -0.2) is 38.0 Å². The van der Waals surface area contributed by atoms with Crippen LogP contribution in [0.2, 0.25) is 0 Å². The highest BCUT2D eigenvalue weighted by Crippen LogP contribution is 2.21. The Balaban J connectivity index is 2.01. The zero-order valence-corrected chi connectivity index (χ0v) is 13.7. The summed E-state index contributed by atoms with van der Waals surface area (Å²) in [7, 11) is 1.29. The summed E-state index contributed by atoms with van der Waals surface area (Å²) in [5.74, 6) is -0.882. The molecule has 0 aliphatic carbocycles. The van der Waals surface area contributed by atoms with Crippen molar-refractivity contribution in [3.63, 3.8) is 0 Å². The number of hydrogen-bond acceptors (Lipinski definition) is 7. The molecule has 0 radical (unpaired) electrons. The molecule has 2 rings (SSSR count). The first kappa shape index (κ1) is 17.2. The van der Waals surface area contributed by atoms with Crippen molar-refractivity contribution in [1.82, 2.24) is 0 Å². The van der Waals surface area contributed by atoms with E-state index in [9.17, 15) is 9.59 Å². The van der Waals surface area contributed by atoms with Gasteiger partial charge in [0.15, 0.2) is 0 Å². The molecule has 1 aliphatic rings. The number of carbonyl (C=O) groups excluding carboxylic acids is 2. The van der Waals surface area contributed by atoms with Gasteiger partial charge < -0.3 is 18.9 Å². The zero-order valence-electron chi connectivity index (χ0n) is 12.9. The Kier molecular flexibility index (Phi) is 6.37. The number of hydrogen-bond donors (Lipinski definition) is 0. The number of ether oxygens (including phenoxy) is 4. The van der Waals surface area contributed by atoms with Crippen LogP contribution in [0.5, 0.6) is 0 Å². The second kappa shape index (κ2) is 8.50. The summed E-state index contributed by atoms with van der Waals surface area (Å²) >= 11 is 1.48. The second-order valence-electron chi connectivity index (χ2n) is 4.70. The van der Waals surface area contributed by atoms with Crippen molar-refractivity contribution in [1.29, 1.82) is 0 Å². The second-order valence-corrected chi connectivity index (χ2v) is 5.68. The lowest BCUT2D eigenvalue weighted by atomic mass is 10.2. The molecule has 0 saturated heterocycles. The summed E-state index contributed by atoms with van der Waals surface area (Å²) in [6, 6.07) is 3.74. The van der Waals surface area contributed by atoms with Gasteiger partial charge in [-0.05, 0) is 11.4 Å². The zero-order chi connectivity index (χ0) is 16.7. The van der Waals surface area contributed by atoms with Crippen molar-refractivity contribution in [2.45, 2.75) is 25.7 Å². The SMILES string of the molecule is COC(=O)C(=Cc1cccs1)O[C@@H]1CC=C[C@@H](COC(C)=O)O1. The maximum absolute atomic E-state index is 11.9. The first-order chi connectivity index (χ1) is 11.1. The first-order valence-electron chi connectivity index (χ1n) is 7.04. The molecule has 0 unspecified atom stereocenters. The maximum atomic E-state index is 11.9. The number of methoxy groups -OCH3 is 1. The number of thiophene rings is 1. The molecule has 0 saturated carbocycles. The smallest absolute Gasteiger partial charge is 0.373 e. The molecule has 0 aromatic carbocycles. The minimum absolute atomic E-state index is 0.0708. The Morgan fingerprint density at radius 3 is 2.96 bits per heavy atom. The van der Waals surface area contributed by atoms with Gasteiger partial charge in [-0.2, -0.15) is 0 Å². The van der Waals surface area contributed by atoms with E-state index >= 15 is 0 Å². The Labute approximate surface area is 138 Å². The average Bonchev–Trinajstić information content (AvgIpc) is 3.05. The van der Waals surface area contributed by atoms with Crippen molar-refractivity contribution >= 4 is 29.4 Å². The van der Waals surface area contributed by atoms with Gasteiger partial charge in [-0.3, -0.25) is 4.79 Å². The number of rotatable bonds is 6. The molecule has 2 heterocycles. The molecule has 124 valence electrons. The molecule has 1 aromatic heterocycles. The standard InChI is InChI=1S/C16H18O6S/c1-11(17)20-10-12-5-3-7-15(21-12)22-14(16(18)19-2)9-13-6-4-8-23-13/h3-6,8-9,12,15H,7,10H2,1-2H3/t12-,15+/m0/s1. The predicted molar refractivity (Wildman–Crippen MR) is 84.4 cm³/mol. The van der Waals surface area contributed by atoms with Crippen LogP contribution in [0.1, 0.15) is 18.2 Å². The highest BCUT2D eigenvalue weighted by molar-refractivity contribution is 7.10. The molecule has 0 spiro atoms. The molecule has 1 aliphatic heterocycles. The molecule has 0 bridgehead atoms. The van der Waals surface area contributed by atoms with E-state index < -0.39 is 18.4 Å². The molecular weight excluding hydrogens is 320 g/mol. The van der Waals surface area contributed by atoms with Gasteiger partial charge in [0.2, 0.25) is 12.0 Å². The highest BCUT2D eigenvalue weighted by atomic mass is 32.1.